The maximum absolute atomic E-state index is 11.6. The minimum Gasteiger partial charge on any atom is -0.492 e. The Morgan fingerprint density at radius 1 is 1.43 bits per heavy atom. The van der Waals surface area contributed by atoms with Gasteiger partial charge in [0.2, 0.25) is 16.7 Å². The average Bonchev–Trinajstić information content (AvgIpc) is 3.23. The van der Waals surface area contributed by atoms with Crippen LogP contribution in [0, 0.1) is 5.92 Å². The van der Waals surface area contributed by atoms with E-state index in [0.717, 1.165) is 36.4 Å². The topological polar surface area (TPSA) is 98.0 Å². The van der Waals surface area contributed by atoms with E-state index in [9.17, 15) is 9.90 Å². The van der Waals surface area contributed by atoms with Crippen molar-refractivity contribution < 1.29 is 14.8 Å². The number of amides is 1. The lowest BCUT2D eigenvalue weighted by Gasteiger charge is -2.33. The second-order valence-corrected chi connectivity index (χ2v) is 8.57. The van der Waals surface area contributed by atoms with Gasteiger partial charge in [0, 0.05) is 30.7 Å². The molecule has 7 nitrogen and oxygen atoms in total. The summed E-state index contributed by atoms with van der Waals surface area (Å²) in [5.41, 5.74) is 6.45. The number of aryl methyl sites for hydroxylation is 1. The molecule has 0 bridgehead atoms. The van der Waals surface area contributed by atoms with Crippen molar-refractivity contribution in [3.05, 3.63) is 45.6 Å². The number of carbonyl (C=O) groups excluding carboxylic acids is 1. The van der Waals surface area contributed by atoms with Gasteiger partial charge in [-0.05, 0) is 6.07 Å². The fraction of sp³-hybridized carbons (Fsp3) is 0.421. The van der Waals surface area contributed by atoms with Crippen molar-refractivity contribution in [3.8, 4) is 5.88 Å². The highest BCUT2D eigenvalue weighted by atomic mass is 35.5. The monoisotopic (exact) mass is 420 g/mol. The molecule has 1 fully saturated rings. The molecule has 4 N–H and O–H groups in total. The van der Waals surface area contributed by atoms with E-state index in [-0.39, 0.29) is 23.7 Å². The number of thiazole rings is 1. The summed E-state index contributed by atoms with van der Waals surface area (Å²) in [6.07, 6.45) is 2.17. The summed E-state index contributed by atoms with van der Waals surface area (Å²) in [4.78, 5) is 18.8. The number of aromatic hydroxyl groups is 1. The van der Waals surface area contributed by atoms with Gasteiger partial charge in [-0.25, -0.2) is 4.98 Å². The maximum atomic E-state index is 11.6. The summed E-state index contributed by atoms with van der Waals surface area (Å²) in [6.45, 7) is 3.53. The third-order valence-electron chi connectivity index (χ3n) is 5.48. The first-order valence-corrected chi connectivity index (χ1v) is 10.6. The van der Waals surface area contributed by atoms with E-state index in [1.807, 2.05) is 31.2 Å². The number of hydrogen-bond donors (Lipinski definition) is 3. The van der Waals surface area contributed by atoms with Crippen LogP contribution in [0.25, 0.3) is 4.96 Å². The molecule has 0 saturated carbocycles. The average molecular weight is 421 g/mol. The van der Waals surface area contributed by atoms with E-state index in [0.29, 0.717) is 22.2 Å². The molecule has 9 heteroatoms. The summed E-state index contributed by atoms with van der Waals surface area (Å²) in [7, 11) is 0. The van der Waals surface area contributed by atoms with Crippen LogP contribution in [0.1, 0.15) is 42.1 Å². The standard InChI is InChI=1S/C19H22ClN5O2S/c1-2-14-22-19-25(23-14)18(27)16(28-19)15(12-5-3-4-6-13(12)20)24-9-7-11(8-10-24)17(21)26/h3-6,11,15,27H,2,7-10H2,1H3,(H2,21,26)/p+1/t15-/m1/s1. The summed E-state index contributed by atoms with van der Waals surface area (Å²) < 4.78 is 1.51. The number of piperidine rings is 1. The van der Waals surface area contributed by atoms with Crippen LogP contribution in [0.3, 0.4) is 0 Å². The van der Waals surface area contributed by atoms with Gasteiger partial charge in [0.15, 0.2) is 11.9 Å². The number of halogens is 1. The van der Waals surface area contributed by atoms with Crippen LogP contribution in [0.5, 0.6) is 5.88 Å². The predicted octanol–water partition coefficient (Wildman–Crippen LogP) is 1.58. The second kappa shape index (κ2) is 7.69. The van der Waals surface area contributed by atoms with Gasteiger partial charge in [0.25, 0.3) is 0 Å². The van der Waals surface area contributed by atoms with Crippen LogP contribution in [0.2, 0.25) is 5.02 Å². The summed E-state index contributed by atoms with van der Waals surface area (Å²) in [5, 5.41) is 16.0. The quantitative estimate of drug-likeness (QED) is 0.583. The van der Waals surface area contributed by atoms with Crippen molar-refractivity contribution in [1.29, 1.82) is 0 Å². The Kier molecular flexibility index (Phi) is 5.27. The summed E-state index contributed by atoms with van der Waals surface area (Å²) in [5.74, 6) is 0.499. The lowest BCUT2D eigenvalue weighted by molar-refractivity contribution is -0.930. The van der Waals surface area contributed by atoms with Gasteiger partial charge in [-0.2, -0.15) is 4.52 Å². The smallest absolute Gasteiger partial charge is 0.235 e. The van der Waals surface area contributed by atoms with Crippen LogP contribution >= 0.6 is 22.9 Å². The molecule has 1 aliphatic heterocycles. The van der Waals surface area contributed by atoms with Gasteiger partial charge in [0.1, 0.15) is 4.88 Å². The van der Waals surface area contributed by atoms with Gasteiger partial charge in [-0.1, -0.05) is 48.1 Å². The molecule has 28 heavy (non-hydrogen) atoms. The Labute approximate surface area is 171 Å². The molecular formula is C19H23ClN5O2S+. The molecule has 1 amide bonds. The molecule has 0 aliphatic carbocycles. The molecule has 0 unspecified atom stereocenters. The highest BCUT2D eigenvalue weighted by Gasteiger charge is 2.37. The van der Waals surface area contributed by atoms with E-state index in [4.69, 9.17) is 17.3 Å². The number of benzene rings is 1. The maximum Gasteiger partial charge on any atom is 0.235 e. The van der Waals surface area contributed by atoms with E-state index < -0.39 is 0 Å². The van der Waals surface area contributed by atoms with Crippen molar-refractivity contribution >= 4 is 33.8 Å². The van der Waals surface area contributed by atoms with Crippen LogP contribution in [-0.2, 0) is 11.2 Å². The van der Waals surface area contributed by atoms with Crippen molar-refractivity contribution in [1.82, 2.24) is 14.6 Å². The molecule has 2 aromatic heterocycles. The largest absolute Gasteiger partial charge is 0.492 e. The Balaban J connectivity index is 1.76. The molecule has 3 heterocycles. The predicted molar refractivity (Wildman–Crippen MR) is 108 cm³/mol. The third-order valence-corrected chi connectivity index (χ3v) is 6.91. The van der Waals surface area contributed by atoms with Crippen LogP contribution in [0.4, 0.5) is 0 Å². The number of hydrogen-bond acceptors (Lipinski definition) is 5. The first kappa shape index (κ1) is 19.2. The van der Waals surface area contributed by atoms with Crippen molar-refractivity contribution in [2.75, 3.05) is 13.1 Å². The summed E-state index contributed by atoms with van der Waals surface area (Å²) in [6, 6.07) is 7.55. The third kappa shape index (κ3) is 3.36. The number of aromatic nitrogens is 3. The number of rotatable bonds is 5. The van der Waals surface area contributed by atoms with E-state index >= 15 is 0 Å². The molecule has 4 rings (SSSR count). The molecule has 1 atom stereocenters. The molecule has 1 aliphatic rings. The number of primary amides is 1. The second-order valence-electron chi connectivity index (χ2n) is 7.16. The Bertz CT molecular complexity index is 1010. The van der Waals surface area contributed by atoms with Crippen LogP contribution in [0.15, 0.2) is 24.3 Å². The molecule has 0 spiro atoms. The number of likely N-dealkylation sites (tertiary alicyclic amines) is 1. The number of carbonyl (C=O) groups is 1. The minimum absolute atomic E-state index is 0.0846. The van der Waals surface area contributed by atoms with Gasteiger partial charge in [-0.15, -0.1) is 5.10 Å². The number of nitrogens with two attached hydrogens (primary N) is 1. The summed E-state index contributed by atoms with van der Waals surface area (Å²) >= 11 is 7.98. The molecule has 3 aromatic rings. The fourth-order valence-corrected chi connectivity index (χ4v) is 5.34. The first-order valence-electron chi connectivity index (χ1n) is 9.45. The number of quaternary nitrogens is 1. The van der Waals surface area contributed by atoms with Crippen molar-refractivity contribution in [3.63, 3.8) is 0 Å². The SMILES string of the molecule is CCc1nc2sc([C@@H](c3ccccc3Cl)[NH+]3CCC(C(N)=O)CC3)c(O)n2n1. The molecule has 0 radical (unpaired) electrons. The zero-order chi connectivity index (χ0) is 19.8. The lowest BCUT2D eigenvalue weighted by Crippen LogP contribution is -3.13. The normalized spacial score (nSPS) is 21.1. The fourth-order valence-electron chi connectivity index (χ4n) is 3.95. The van der Waals surface area contributed by atoms with Crippen molar-refractivity contribution in [2.24, 2.45) is 11.7 Å². The highest BCUT2D eigenvalue weighted by Crippen LogP contribution is 2.37. The van der Waals surface area contributed by atoms with Crippen LogP contribution in [-0.4, -0.2) is 38.7 Å². The van der Waals surface area contributed by atoms with Gasteiger partial charge in [-0.3, -0.25) is 4.79 Å². The zero-order valence-electron chi connectivity index (χ0n) is 15.6. The number of fused-ring (bicyclic) bond motifs is 1. The Hall–Kier alpha value is -2.16. The van der Waals surface area contributed by atoms with Gasteiger partial charge < -0.3 is 15.7 Å². The van der Waals surface area contributed by atoms with E-state index in [2.05, 4.69) is 10.1 Å². The van der Waals surface area contributed by atoms with Crippen LogP contribution < -0.4 is 10.6 Å². The highest BCUT2D eigenvalue weighted by molar-refractivity contribution is 7.17. The molecular weight excluding hydrogens is 398 g/mol. The Morgan fingerprint density at radius 3 is 2.75 bits per heavy atom. The van der Waals surface area contributed by atoms with Gasteiger partial charge in [0.05, 0.1) is 18.1 Å². The van der Waals surface area contributed by atoms with Gasteiger partial charge >= 0.3 is 0 Å². The molecule has 148 valence electrons. The van der Waals surface area contributed by atoms with E-state index in [1.165, 1.54) is 20.8 Å². The van der Waals surface area contributed by atoms with Crippen molar-refractivity contribution in [2.45, 2.75) is 32.2 Å². The minimum atomic E-state index is -0.234. The molecule has 1 saturated heterocycles. The Morgan fingerprint density at radius 2 is 2.14 bits per heavy atom. The first-order chi connectivity index (χ1) is 13.5. The zero-order valence-corrected chi connectivity index (χ0v) is 17.1. The van der Waals surface area contributed by atoms with E-state index in [1.54, 1.807) is 0 Å². The number of nitrogens with one attached hydrogen (secondary N) is 1. The molecule has 1 aromatic carbocycles. The number of nitrogens with zero attached hydrogens (tertiary/aromatic N) is 3. The lowest BCUT2D eigenvalue weighted by atomic mass is 9.93.